The molecule has 7 nitrogen and oxygen atoms in total. The van der Waals surface area contributed by atoms with Gasteiger partial charge in [0.25, 0.3) is 0 Å². The molecule has 0 saturated carbocycles. The standard InChI is InChI=1S/C18H22N2O5/c21-14(15-6-4-8-25-15)11-13-5-2-1-3-7-20(13)17(23)10-12-9-16(22)19-18(12)24/h4,6,8,12-13H,1-3,5,7,9-11H2,(H,19,22,24). The van der Waals surface area contributed by atoms with Crippen LogP contribution in [-0.2, 0) is 14.4 Å². The fourth-order valence-corrected chi connectivity index (χ4v) is 3.57. The summed E-state index contributed by atoms with van der Waals surface area (Å²) in [6.07, 6.45) is 5.37. The predicted molar refractivity (Wildman–Crippen MR) is 87.5 cm³/mol. The summed E-state index contributed by atoms with van der Waals surface area (Å²) in [6, 6.07) is 3.10. The number of carbonyl (C=O) groups excluding carboxylic acids is 4. The van der Waals surface area contributed by atoms with Crippen LogP contribution >= 0.6 is 0 Å². The van der Waals surface area contributed by atoms with Crippen molar-refractivity contribution in [3.05, 3.63) is 24.2 Å². The van der Waals surface area contributed by atoms with Crippen molar-refractivity contribution in [3.8, 4) is 0 Å². The zero-order valence-corrected chi connectivity index (χ0v) is 14.0. The molecule has 3 heterocycles. The Morgan fingerprint density at radius 2 is 2.04 bits per heavy atom. The quantitative estimate of drug-likeness (QED) is 0.646. The molecule has 2 atom stereocenters. The van der Waals surface area contributed by atoms with E-state index in [0.29, 0.717) is 12.3 Å². The van der Waals surface area contributed by atoms with Gasteiger partial charge in [0.1, 0.15) is 0 Å². The van der Waals surface area contributed by atoms with Crippen LogP contribution in [0.1, 0.15) is 55.5 Å². The van der Waals surface area contributed by atoms with E-state index in [0.717, 1.165) is 25.7 Å². The maximum Gasteiger partial charge on any atom is 0.230 e. The Bertz CT molecular complexity index is 667. The highest BCUT2D eigenvalue weighted by molar-refractivity contribution is 6.04. The lowest BCUT2D eigenvalue weighted by atomic mass is 9.99. The Labute approximate surface area is 145 Å². The predicted octanol–water partition coefficient (Wildman–Crippen LogP) is 1.68. The number of furan rings is 1. The molecule has 0 bridgehead atoms. The van der Waals surface area contributed by atoms with Gasteiger partial charge < -0.3 is 9.32 Å². The first kappa shape index (κ1) is 17.4. The summed E-state index contributed by atoms with van der Waals surface area (Å²) in [6.45, 7) is 0.581. The molecular weight excluding hydrogens is 324 g/mol. The number of hydrogen-bond donors (Lipinski definition) is 1. The minimum atomic E-state index is -0.593. The van der Waals surface area contributed by atoms with Crippen molar-refractivity contribution in [2.45, 2.75) is 51.0 Å². The topological polar surface area (TPSA) is 96.7 Å². The van der Waals surface area contributed by atoms with Crippen LogP contribution in [0.15, 0.2) is 22.8 Å². The van der Waals surface area contributed by atoms with Crippen molar-refractivity contribution in [2.24, 2.45) is 5.92 Å². The Kier molecular flexibility index (Phi) is 5.31. The lowest BCUT2D eigenvalue weighted by Gasteiger charge is -2.30. The molecule has 0 aliphatic carbocycles. The Hall–Kier alpha value is -2.44. The third-order valence-corrected chi connectivity index (χ3v) is 4.90. The molecule has 2 fully saturated rings. The average molecular weight is 346 g/mol. The highest BCUT2D eigenvalue weighted by Gasteiger charge is 2.35. The molecule has 3 amide bonds. The van der Waals surface area contributed by atoms with Crippen LogP contribution in [0.25, 0.3) is 0 Å². The Balaban J connectivity index is 1.67. The molecule has 0 aromatic carbocycles. The molecule has 1 N–H and O–H groups in total. The summed E-state index contributed by atoms with van der Waals surface area (Å²) in [5, 5.41) is 2.23. The molecule has 2 saturated heterocycles. The van der Waals surface area contributed by atoms with E-state index in [1.54, 1.807) is 17.0 Å². The number of nitrogens with zero attached hydrogens (tertiary/aromatic N) is 1. The molecule has 2 unspecified atom stereocenters. The largest absolute Gasteiger partial charge is 0.461 e. The number of imide groups is 1. The van der Waals surface area contributed by atoms with Gasteiger partial charge >= 0.3 is 0 Å². The third-order valence-electron chi connectivity index (χ3n) is 4.90. The average Bonchev–Trinajstić information content (AvgIpc) is 3.14. The van der Waals surface area contributed by atoms with Crippen molar-refractivity contribution in [1.82, 2.24) is 10.2 Å². The van der Waals surface area contributed by atoms with Gasteiger partial charge in [0.15, 0.2) is 11.5 Å². The van der Waals surface area contributed by atoms with E-state index in [9.17, 15) is 19.2 Å². The minimum Gasteiger partial charge on any atom is -0.461 e. The number of likely N-dealkylation sites (tertiary alicyclic amines) is 1. The summed E-state index contributed by atoms with van der Waals surface area (Å²) in [5.74, 6) is -1.28. The van der Waals surface area contributed by atoms with Gasteiger partial charge in [0, 0.05) is 31.8 Å². The van der Waals surface area contributed by atoms with Gasteiger partial charge in [-0.1, -0.05) is 12.8 Å². The Morgan fingerprint density at radius 1 is 1.20 bits per heavy atom. The second-order valence-electron chi connectivity index (χ2n) is 6.71. The summed E-state index contributed by atoms with van der Waals surface area (Å²) >= 11 is 0. The zero-order valence-electron chi connectivity index (χ0n) is 14.0. The van der Waals surface area contributed by atoms with E-state index in [2.05, 4.69) is 5.32 Å². The van der Waals surface area contributed by atoms with Crippen molar-refractivity contribution in [1.29, 1.82) is 0 Å². The highest BCUT2D eigenvalue weighted by atomic mass is 16.3. The summed E-state index contributed by atoms with van der Waals surface area (Å²) < 4.78 is 5.15. The van der Waals surface area contributed by atoms with Gasteiger partial charge in [0.2, 0.25) is 17.7 Å². The fraction of sp³-hybridized carbons (Fsp3) is 0.556. The second-order valence-corrected chi connectivity index (χ2v) is 6.71. The number of ketones is 1. The lowest BCUT2D eigenvalue weighted by molar-refractivity contribution is -0.137. The van der Waals surface area contributed by atoms with Gasteiger partial charge in [0.05, 0.1) is 12.2 Å². The van der Waals surface area contributed by atoms with Crippen molar-refractivity contribution < 1.29 is 23.6 Å². The van der Waals surface area contributed by atoms with Crippen LogP contribution in [0.3, 0.4) is 0 Å². The molecule has 2 aliphatic heterocycles. The maximum absolute atomic E-state index is 12.7. The van der Waals surface area contributed by atoms with Gasteiger partial charge in [-0.05, 0) is 25.0 Å². The number of nitrogens with one attached hydrogen (secondary N) is 1. The SMILES string of the molecule is O=C1CC(CC(=O)N2CCCCCC2CC(=O)c2ccco2)C(=O)N1. The van der Waals surface area contributed by atoms with Crippen molar-refractivity contribution in [2.75, 3.05) is 6.54 Å². The van der Waals surface area contributed by atoms with E-state index in [-0.39, 0.29) is 48.8 Å². The summed E-state index contributed by atoms with van der Waals surface area (Å²) in [5.41, 5.74) is 0. The first-order chi connectivity index (χ1) is 12.0. The van der Waals surface area contributed by atoms with Crippen LogP contribution in [-0.4, -0.2) is 41.0 Å². The van der Waals surface area contributed by atoms with Crippen molar-refractivity contribution >= 4 is 23.5 Å². The minimum absolute atomic E-state index is 0.0169. The van der Waals surface area contributed by atoms with Crippen molar-refractivity contribution in [3.63, 3.8) is 0 Å². The van der Waals surface area contributed by atoms with Crippen LogP contribution in [0, 0.1) is 5.92 Å². The Morgan fingerprint density at radius 3 is 2.72 bits per heavy atom. The van der Waals surface area contributed by atoms with E-state index in [1.165, 1.54) is 6.26 Å². The van der Waals surface area contributed by atoms with Gasteiger partial charge in [-0.25, -0.2) is 0 Å². The normalized spacial score (nSPS) is 24.1. The van der Waals surface area contributed by atoms with Gasteiger partial charge in [-0.3, -0.25) is 24.5 Å². The van der Waals surface area contributed by atoms with E-state index in [1.807, 2.05) is 0 Å². The van der Waals surface area contributed by atoms with E-state index < -0.39 is 5.92 Å². The molecule has 7 heteroatoms. The molecule has 0 radical (unpaired) electrons. The van der Waals surface area contributed by atoms with E-state index >= 15 is 0 Å². The number of Topliss-reactive ketones (excluding diaryl/α,β-unsaturated/α-hetero) is 1. The number of rotatable bonds is 5. The molecule has 0 spiro atoms. The van der Waals surface area contributed by atoms with Gasteiger partial charge in [-0.2, -0.15) is 0 Å². The molecule has 2 aliphatic rings. The van der Waals surface area contributed by atoms with Crippen LogP contribution in [0.2, 0.25) is 0 Å². The molecule has 25 heavy (non-hydrogen) atoms. The molecular formula is C18H22N2O5. The smallest absolute Gasteiger partial charge is 0.230 e. The summed E-state index contributed by atoms with van der Waals surface area (Å²) in [7, 11) is 0. The lowest BCUT2D eigenvalue weighted by Crippen LogP contribution is -2.42. The third kappa shape index (κ3) is 4.15. The van der Waals surface area contributed by atoms with Crippen LogP contribution < -0.4 is 5.32 Å². The molecule has 1 aromatic rings. The fourth-order valence-electron chi connectivity index (χ4n) is 3.57. The van der Waals surface area contributed by atoms with Crippen LogP contribution in [0.4, 0.5) is 0 Å². The first-order valence-corrected chi connectivity index (χ1v) is 8.74. The first-order valence-electron chi connectivity index (χ1n) is 8.74. The van der Waals surface area contributed by atoms with Crippen LogP contribution in [0.5, 0.6) is 0 Å². The molecule has 1 aromatic heterocycles. The highest BCUT2D eigenvalue weighted by Crippen LogP contribution is 2.24. The molecule has 3 rings (SSSR count). The number of hydrogen-bond acceptors (Lipinski definition) is 5. The maximum atomic E-state index is 12.7. The van der Waals surface area contributed by atoms with Gasteiger partial charge in [-0.15, -0.1) is 0 Å². The second kappa shape index (κ2) is 7.63. The number of carbonyl (C=O) groups is 4. The monoisotopic (exact) mass is 346 g/mol. The molecule has 134 valence electrons. The van der Waals surface area contributed by atoms with E-state index in [4.69, 9.17) is 4.42 Å². The zero-order chi connectivity index (χ0) is 17.8. The number of amides is 3. The summed E-state index contributed by atoms with van der Waals surface area (Å²) in [4.78, 5) is 49.8.